The number of likely N-dealkylation sites (tertiary alicyclic amines) is 2. The maximum atomic E-state index is 14.6. The van der Waals surface area contributed by atoms with E-state index in [0.29, 0.717) is 31.9 Å². The number of aromatic nitrogens is 1. The third kappa shape index (κ3) is 5.22. The van der Waals surface area contributed by atoms with Crippen LogP contribution >= 0.6 is 0 Å². The lowest BCUT2D eigenvalue weighted by atomic mass is 9.94. The number of carbonyl (C=O) groups is 2. The number of halogens is 1. The minimum Gasteiger partial charge on any atom is -0.390 e. The molecule has 0 radical (unpaired) electrons. The molecule has 4 heterocycles. The number of pyridine rings is 1. The molecule has 1 aromatic heterocycles. The zero-order valence-corrected chi connectivity index (χ0v) is 20.7. The number of nitrogens with zero attached hydrogens (tertiary/aromatic N) is 4. The Labute approximate surface area is 211 Å². The van der Waals surface area contributed by atoms with Gasteiger partial charge in [-0.1, -0.05) is 24.3 Å². The summed E-state index contributed by atoms with van der Waals surface area (Å²) in [7, 11) is 0. The summed E-state index contributed by atoms with van der Waals surface area (Å²) in [5.74, 6) is -0.576. The molecule has 3 aliphatic heterocycles. The number of rotatable bonds is 4. The summed E-state index contributed by atoms with van der Waals surface area (Å²) >= 11 is 0. The van der Waals surface area contributed by atoms with Crippen LogP contribution in [-0.4, -0.2) is 87.5 Å². The highest BCUT2D eigenvalue weighted by Crippen LogP contribution is 2.26. The first kappa shape index (κ1) is 24.6. The molecule has 192 valence electrons. The van der Waals surface area contributed by atoms with Crippen LogP contribution in [0.15, 0.2) is 36.5 Å². The average molecular weight is 496 g/mol. The number of fused-ring (bicyclic) bond motifs is 1. The fraction of sp³-hybridized carbons (Fsp3) is 0.519. The van der Waals surface area contributed by atoms with E-state index in [4.69, 9.17) is 0 Å². The predicted octanol–water partition coefficient (Wildman–Crippen LogP) is 2.28. The summed E-state index contributed by atoms with van der Waals surface area (Å²) in [6.45, 7) is 5.21. The average Bonchev–Trinajstić information content (AvgIpc) is 2.89. The highest BCUT2D eigenvalue weighted by Gasteiger charge is 2.36. The quantitative estimate of drug-likeness (QED) is 0.677. The molecule has 2 saturated heterocycles. The van der Waals surface area contributed by atoms with Gasteiger partial charge in [-0.2, -0.15) is 0 Å². The largest absolute Gasteiger partial charge is 0.390 e. The van der Waals surface area contributed by atoms with E-state index in [1.165, 1.54) is 17.2 Å². The van der Waals surface area contributed by atoms with Crippen molar-refractivity contribution in [2.24, 2.45) is 0 Å². The second-order valence-corrected chi connectivity index (χ2v) is 10.1. The number of aliphatic hydroxyl groups is 1. The lowest BCUT2D eigenvalue weighted by molar-refractivity contribution is -0.129. The Bertz CT molecular complexity index is 1120. The van der Waals surface area contributed by atoms with Gasteiger partial charge in [-0.25, -0.2) is 9.37 Å². The van der Waals surface area contributed by atoms with Crippen LogP contribution < -0.4 is 5.32 Å². The third-order valence-electron chi connectivity index (χ3n) is 7.84. The molecular formula is C27H34FN5O3. The SMILES string of the molecule is CC(=O)N1CCC(Nc2cc(C(=O)N3CC[C@H](N4CCc5ccccc5C4)[C@@H](O)C3)c(F)cn2)CC1. The third-order valence-corrected chi connectivity index (χ3v) is 7.84. The van der Waals surface area contributed by atoms with Gasteiger partial charge in [-0.15, -0.1) is 0 Å². The second kappa shape index (κ2) is 10.5. The second-order valence-electron chi connectivity index (χ2n) is 10.1. The predicted molar refractivity (Wildman–Crippen MR) is 134 cm³/mol. The molecule has 0 bridgehead atoms. The molecule has 0 aliphatic carbocycles. The monoisotopic (exact) mass is 495 g/mol. The molecule has 0 saturated carbocycles. The summed E-state index contributed by atoms with van der Waals surface area (Å²) < 4.78 is 14.6. The molecule has 0 spiro atoms. The normalized spacial score (nSPS) is 23.3. The van der Waals surface area contributed by atoms with E-state index in [1.807, 2.05) is 11.0 Å². The first-order valence-electron chi connectivity index (χ1n) is 12.8. The maximum absolute atomic E-state index is 14.6. The molecule has 2 aromatic rings. The Morgan fingerprint density at radius 1 is 1.06 bits per heavy atom. The molecule has 2 N–H and O–H groups in total. The van der Waals surface area contributed by atoms with Crippen molar-refractivity contribution in [1.82, 2.24) is 19.7 Å². The van der Waals surface area contributed by atoms with Crippen molar-refractivity contribution < 1.29 is 19.1 Å². The number of hydrogen-bond acceptors (Lipinski definition) is 6. The molecule has 5 rings (SSSR count). The fourth-order valence-electron chi connectivity index (χ4n) is 5.73. The molecule has 0 unspecified atom stereocenters. The number of nitrogens with one attached hydrogen (secondary N) is 1. The van der Waals surface area contributed by atoms with Gasteiger partial charge in [0.1, 0.15) is 5.82 Å². The minimum atomic E-state index is -0.693. The van der Waals surface area contributed by atoms with Crippen molar-refractivity contribution in [2.75, 3.05) is 38.0 Å². The molecule has 9 heteroatoms. The summed E-state index contributed by atoms with van der Waals surface area (Å²) in [6.07, 6.45) is 3.51. The van der Waals surface area contributed by atoms with Gasteiger partial charge >= 0.3 is 0 Å². The van der Waals surface area contributed by atoms with Crippen LogP contribution in [0, 0.1) is 5.82 Å². The fourth-order valence-corrected chi connectivity index (χ4v) is 5.73. The number of benzene rings is 1. The highest BCUT2D eigenvalue weighted by molar-refractivity contribution is 5.95. The Balaban J connectivity index is 1.20. The topological polar surface area (TPSA) is 89.0 Å². The van der Waals surface area contributed by atoms with Crippen LogP contribution in [0.2, 0.25) is 0 Å². The maximum Gasteiger partial charge on any atom is 0.257 e. The van der Waals surface area contributed by atoms with Crippen LogP contribution in [0.5, 0.6) is 0 Å². The van der Waals surface area contributed by atoms with Gasteiger partial charge in [-0.05, 0) is 42.9 Å². The Hall–Kier alpha value is -3.04. The van der Waals surface area contributed by atoms with Gasteiger partial charge in [0.25, 0.3) is 5.91 Å². The summed E-state index contributed by atoms with van der Waals surface area (Å²) in [4.78, 5) is 34.6. The van der Waals surface area contributed by atoms with Gasteiger partial charge in [-0.3, -0.25) is 14.5 Å². The first-order valence-corrected chi connectivity index (χ1v) is 12.8. The summed E-state index contributed by atoms with van der Waals surface area (Å²) in [5, 5.41) is 14.2. The van der Waals surface area contributed by atoms with Crippen molar-refractivity contribution in [2.45, 2.75) is 57.3 Å². The molecule has 8 nitrogen and oxygen atoms in total. The number of piperidine rings is 2. The lowest BCUT2D eigenvalue weighted by Crippen LogP contribution is -2.56. The van der Waals surface area contributed by atoms with E-state index < -0.39 is 17.8 Å². The number of aliphatic hydroxyl groups excluding tert-OH is 1. The molecule has 2 atom stereocenters. The Morgan fingerprint density at radius 3 is 2.50 bits per heavy atom. The van der Waals surface area contributed by atoms with Crippen molar-refractivity contribution in [3.63, 3.8) is 0 Å². The van der Waals surface area contributed by atoms with Gasteiger partial charge in [0.05, 0.1) is 17.9 Å². The van der Waals surface area contributed by atoms with Crippen molar-refractivity contribution in [3.05, 3.63) is 59.0 Å². The van der Waals surface area contributed by atoms with E-state index in [0.717, 1.165) is 38.5 Å². The van der Waals surface area contributed by atoms with Crippen LogP contribution in [-0.2, 0) is 17.8 Å². The standard InChI is InChI=1S/C27H34FN5O3/c1-18(34)31-11-7-21(8-12-31)30-26-14-22(23(28)15-29-26)27(36)33-13-9-24(25(35)17-33)32-10-6-19-4-2-3-5-20(19)16-32/h2-5,14-15,21,24-25,35H,6-13,16-17H2,1H3,(H,29,30)/t24-,25-/m0/s1. The Kier molecular flexibility index (Phi) is 7.20. The van der Waals surface area contributed by atoms with Crippen molar-refractivity contribution in [3.8, 4) is 0 Å². The lowest BCUT2D eigenvalue weighted by Gasteiger charge is -2.43. The number of hydrogen-bond donors (Lipinski definition) is 2. The van der Waals surface area contributed by atoms with Crippen LogP contribution in [0.4, 0.5) is 10.2 Å². The van der Waals surface area contributed by atoms with E-state index in [9.17, 15) is 19.1 Å². The molecule has 3 aliphatic rings. The highest BCUT2D eigenvalue weighted by atomic mass is 19.1. The molecule has 1 aromatic carbocycles. The Morgan fingerprint density at radius 2 is 1.78 bits per heavy atom. The van der Waals surface area contributed by atoms with E-state index in [1.54, 1.807) is 11.8 Å². The van der Waals surface area contributed by atoms with Gasteiger partial charge < -0.3 is 20.2 Å². The van der Waals surface area contributed by atoms with Crippen LogP contribution in [0.1, 0.15) is 47.7 Å². The van der Waals surface area contributed by atoms with Crippen molar-refractivity contribution in [1.29, 1.82) is 0 Å². The zero-order chi connectivity index (χ0) is 25.2. The van der Waals surface area contributed by atoms with Gasteiger partial charge in [0.15, 0.2) is 5.82 Å². The van der Waals surface area contributed by atoms with E-state index >= 15 is 0 Å². The molecule has 2 amide bonds. The van der Waals surface area contributed by atoms with Crippen LogP contribution in [0.3, 0.4) is 0 Å². The van der Waals surface area contributed by atoms with Crippen molar-refractivity contribution >= 4 is 17.6 Å². The van der Waals surface area contributed by atoms with E-state index in [2.05, 4.69) is 33.4 Å². The first-order chi connectivity index (χ1) is 17.4. The van der Waals surface area contributed by atoms with Gasteiger partial charge in [0, 0.05) is 58.3 Å². The molecule has 2 fully saturated rings. The number of carbonyl (C=O) groups excluding carboxylic acids is 2. The smallest absolute Gasteiger partial charge is 0.257 e. The summed E-state index contributed by atoms with van der Waals surface area (Å²) in [5.41, 5.74) is 2.62. The number of anilines is 1. The number of amides is 2. The van der Waals surface area contributed by atoms with E-state index in [-0.39, 0.29) is 30.1 Å². The van der Waals surface area contributed by atoms with Gasteiger partial charge in [0.2, 0.25) is 5.91 Å². The molecular weight excluding hydrogens is 461 g/mol. The number of β-amino-alcohol motifs (C(OH)–C–C–N with tert-alkyl or cyclic N) is 1. The minimum absolute atomic E-state index is 0.0252. The zero-order valence-electron chi connectivity index (χ0n) is 20.7. The van der Waals surface area contributed by atoms with Crippen LogP contribution in [0.25, 0.3) is 0 Å². The summed E-state index contributed by atoms with van der Waals surface area (Å²) in [6, 6.07) is 9.94. The molecule has 36 heavy (non-hydrogen) atoms.